The Kier molecular flexibility index (Phi) is 5.16. The molecule has 0 aromatic heterocycles. The minimum absolute atomic E-state index is 0.315. The maximum absolute atomic E-state index is 11.9. The molecule has 0 radical (unpaired) electrons. The Morgan fingerprint density at radius 2 is 1.75 bits per heavy atom. The molecule has 0 bridgehead atoms. The zero-order valence-corrected chi connectivity index (χ0v) is 11.8. The van der Waals surface area contributed by atoms with Crippen molar-refractivity contribution in [2.24, 2.45) is 5.92 Å². The first-order valence-corrected chi connectivity index (χ1v) is 7.11. The summed E-state index contributed by atoms with van der Waals surface area (Å²) in [6.07, 6.45) is 6.07. The number of ether oxygens (including phenoxy) is 2. The number of rotatable bonds is 4. The van der Waals surface area contributed by atoms with Crippen LogP contribution in [0.3, 0.4) is 0 Å². The number of benzene rings is 1. The van der Waals surface area contributed by atoms with Crippen molar-refractivity contribution in [3.05, 3.63) is 29.8 Å². The fourth-order valence-electron chi connectivity index (χ4n) is 2.46. The fraction of sp³-hybridized carbons (Fsp3) is 0.500. The van der Waals surface area contributed by atoms with Crippen molar-refractivity contribution in [1.29, 1.82) is 0 Å². The third-order valence-corrected chi connectivity index (χ3v) is 3.53. The van der Waals surface area contributed by atoms with Crippen LogP contribution in [0, 0.1) is 5.92 Å². The van der Waals surface area contributed by atoms with Crippen LogP contribution in [-0.4, -0.2) is 18.5 Å². The van der Waals surface area contributed by atoms with Crippen LogP contribution in [0.25, 0.3) is 0 Å². The lowest BCUT2D eigenvalue weighted by Gasteiger charge is -2.21. The Morgan fingerprint density at radius 3 is 2.35 bits per heavy atom. The molecule has 1 saturated carbocycles. The van der Waals surface area contributed by atoms with Crippen molar-refractivity contribution in [1.82, 2.24) is 0 Å². The average Bonchev–Trinajstić information content (AvgIpc) is 2.46. The van der Waals surface area contributed by atoms with Gasteiger partial charge in [-0.1, -0.05) is 19.3 Å². The summed E-state index contributed by atoms with van der Waals surface area (Å²) in [5, 5.41) is 0. The van der Waals surface area contributed by atoms with Crippen LogP contribution in [0.1, 0.15) is 49.4 Å². The zero-order chi connectivity index (χ0) is 14.4. The lowest BCUT2D eigenvalue weighted by Crippen LogP contribution is -2.16. The smallest absolute Gasteiger partial charge is 0.338 e. The Balaban J connectivity index is 1.83. The first kappa shape index (κ1) is 14.6. The molecule has 4 nitrogen and oxygen atoms in total. The summed E-state index contributed by atoms with van der Waals surface area (Å²) in [6.45, 7) is 1.84. The molecular weight excluding hydrogens is 256 g/mol. The van der Waals surface area contributed by atoms with Gasteiger partial charge in [0.15, 0.2) is 0 Å². The Morgan fingerprint density at radius 1 is 1.10 bits per heavy atom. The Bertz CT molecular complexity index is 458. The minimum atomic E-state index is -0.377. The summed E-state index contributed by atoms with van der Waals surface area (Å²) in [7, 11) is 0. The summed E-state index contributed by atoms with van der Waals surface area (Å²) in [4.78, 5) is 22.7. The first-order valence-electron chi connectivity index (χ1n) is 7.11. The van der Waals surface area contributed by atoms with Crippen LogP contribution in [0.15, 0.2) is 24.3 Å². The third kappa shape index (κ3) is 4.37. The second-order valence-electron chi connectivity index (χ2n) is 5.22. The molecule has 0 saturated heterocycles. The van der Waals surface area contributed by atoms with Gasteiger partial charge in [0.1, 0.15) is 5.75 Å². The van der Waals surface area contributed by atoms with Gasteiger partial charge in [-0.15, -0.1) is 0 Å². The van der Waals surface area contributed by atoms with Gasteiger partial charge in [0.2, 0.25) is 0 Å². The van der Waals surface area contributed by atoms with E-state index in [0.717, 1.165) is 12.8 Å². The van der Waals surface area contributed by atoms with E-state index in [4.69, 9.17) is 9.47 Å². The summed E-state index contributed by atoms with van der Waals surface area (Å²) in [5.41, 5.74) is 0.483. The second kappa shape index (κ2) is 7.08. The maximum atomic E-state index is 11.9. The Labute approximate surface area is 119 Å². The molecule has 0 atom stereocenters. The normalized spacial score (nSPS) is 15.7. The van der Waals surface area contributed by atoms with E-state index >= 15 is 0 Å². The quantitative estimate of drug-likeness (QED) is 0.625. The van der Waals surface area contributed by atoms with E-state index in [1.165, 1.54) is 26.2 Å². The number of carbonyl (C=O) groups is 2. The molecule has 0 N–H and O–H groups in total. The van der Waals surface area contributed by atoms with Crippen LogP contribution in [0.5, 0.6) is 5.75 Å². The van der Waals surface area contributed by atoms with Gasteiger partial charge in [-0.25, -0.2) is 4.79 Å². The molecule has 0 spiro atoms. The van der Waals surface area contributed by atoms with Gasteiger partial charge in [0.05, 0.1) is 12.2 Å². The summed E-state index contributed by atoms with van der Waals surface area (Å²) in [6, 6.07) is 6.42. The monoisotopic (exact) mass is 276 g/mol. The summed E-state index contributed by atoms with van der Waals surface area (Å²) in [5.74, 6) is 0.247. The van der Waals surface area contributed by atoms with E-state index in [1.54, 1.807) is 24.3 Å². The van der Waals surface area contributed by atoms with Crippen molar-refractivity contribution in [2.45, 2.75) is 39.0 Å². The molecule has 0 aliphatic heterocycles. The predicted octanol–water partition coefficient (Wildman–Crippen LogP) is 3.35. The molecule has 1 fully saturated rings. The fourth-order valence-corrected chi connectivity index (χ4v) is 2.46. The largest absolute Gasteiger partial charge is 0.462 e. The van der Waals surface area contributed by atoms with Gasteiger partial charge in [-0.2, -0.15) is 0 Å². The van der Waals surface area contributed by atoms with Crippen LogP contribution in [-0.2, 0) is 9.53 Å². The third-order valence-electron chi connectivity index (χ3n) is 3.53. The summed E-state index contributed by atoms with van der Waals surface area (Å²) >= 11 is 0. The molecular formula is C16H20O4. The molecule has 2 rings (SSSR count). The highest BCUT2D eigenvalue weighted by Crippen LogP contribution is 2.24. The topological polar surface area (TPSA) is 52.6 Å². The minimum Gasteiger partial charge on any atom is -0.462 e. The van der Waals surface area contributed by atoms with Crippen molar-refractivity contribution in [3.8, 4) is 5.75 Å². The molecule has 20 heavy (non-hydrogen) atoms. The molecule has 1 aromatic carbocycles. The van der Waals surface area contributed by atoms with Gasteiger partial charge in [0.25, 0.3) is 0 Å². The van der Waals surface area contributed by atoms with E-state index in [0.29, 0.717) is 23.8 Å². The van der Waals surface area contributed by atoms with Gasteiger partial charge in [-0.05, 0) is 43.0 Å². The molecule has 0 heterocycles. The van der Waals surface area contributed by atoms with Crippen LogP contribution < -0.4 is 4.74 Å². The highest BCUT2D eigenvalue weighted by molar-refractivity contribution is 5.89. The lowest BCUT2D eigenvalue weighted by atomic mass is 9.90. The molecule has 4 heteroatoms. The van der Waals surface area contributed by atoms with Crippen LogP contribution >= 0.6 is 0 Å². The van der Waals surface area contributed by atoms with Gasteiger partial charge in [-0.3, -0.25) is 4.79 Å². The average molecular weight is 276 g/mol. The van der Waals surface area contributed by atoms with E-state index in [9.17, 15) is 9.59 Å². The molecule has 0 amide bonds. The van der Waals surface area contributed by atoms with Crippen LogP contribution in [0.4, 0.5) is 0 Å². The van der Waals surface area contributed by atoms with Gasteiger partial charge >= 0.3 is 11.9 Å². The van der Waals surface area contributed by atoms with Crippen molar-refractivity contribution in [2.75, 3.05) is 6.61 Å². The number of hydrogen-bond acceptors (Lipinski definition) is 4. The van der Waals surface area contributed by atoms with E-state index in [2.05, 4.69) is 0 Å². The molecule has 1 aromatic rings. The van der Waals surface area contributed by atoms with E-state index in [-0.39, 0.29) is 11.9 Å². The molecule has 1 aliphatic rings. The zero-order valence-electron chi connectivity index (χ0n) is 11.8. The van der Waals surface area contributed by atoms with Gasteiger partial charge in [0, 0.05) is 6.92 Å². The first-order chi connectivity index (χ1) is 9.65. The number of hydrogen-bond donors (Lipinski definition) is 0. The van der Waals surface area contributed by atoms with E-state index in [1.807, 2.05) is 0 Å². The highest BCUT2D eigenvalue weighted by Gasteiger charge is 2.16. The lowest BCUT2D eigenvalue weighted by molar-refractivity contribution is -0.131. The highest BCUT2D eigenvalue weighted by atomic mass is 16.5. The molecule has 0 unspecified atom stereocenters. The van der Waals surface area contributed by atoms with Crippen LogP contribution in [0.2, 0.25) is 0 Å². The predicted molar refractivity (Wildman–Crippen MR) is 74.6 cm³/mol. The van der Waals surface area contributed by atoms with E-state index < -0.39 is 0 Å². The van der Waals surface area contributed by atoms with Gasteiger partial charge < -0.3 is 9.47 Å². The SMILES string of the molecule is CC(=O)Oc1ccc(C(=O)OCC2CCCCC2)cc1. The summed E-state index contributed by atoms with van der Waals surface area (Å²) < 4.78 is 10.3. The maximum Gasteiger partial charge on any atom is 0.338 e. The van der Waals surface area contributed by atoms with Crippen molar-refractivity contribution >= 4 is 11.9 Å². The number of carbonyl (C=O) groups excluding carboxylic acids is 2. The standard InChI is InChI=1S/C16H20O4/c1-12(17)20-15-9-7-14(8-10-15)16(18)19-11-13-5-3-2-4-6-13/h7-10,13H,2-6,11H2,1H3. The number of esters is 2. The van der Waals surface area contributed by atoms with Crippen molar-refractivity contribution in [3.63, 3.8) is 0 Å². The molecule has 1 aliphatic carbocycles. The molecule has 108 valence electrons. The Hall–Kier alpha value is -1.84. The second-order valence-corrected chi connectivity index (χ2v) is 5.22. The van der Waals surface area contributed by atoms with Crippen molar-refractivity contribution < 1.29 is 19.1 Å².